The third kappa shape index (κ3) is 5.28. The summed E-state index contributed by atoms with van der Waals surface area (Å²) in [6.07, 6.45) is -0.854. The van der Waals surface area contributed by atoms with Gasteiger partial charge in [0, 0.05) is 31.6 Å². The Kier molecular flexibility index (Phi) is 6.06. The number of hydrogen-bond donors (Lipinski definition) is 0. The summed E-state index contributed by atoms with van der Waals surface area (Å²) in [7, 11) is 1.22. The lowest BCUT2D eigenvalue weighted by Crippen LogP contribution is -2.35. The molecule has 7 nitrogen and oxygen atoms in total. The van der Waals surface area contributed by atoms with Gasteiger partial charge in [0.2, 0.25) is 6.04 Å². The highest BCUT2D eigenvalue weighted by Crippen LogP contribution is 2.11. The molecule has 0 saturated carbocycles. The Balaban J connectivity index is 4.37. The summed E-state index contributed by atoms with van der Waals surface area (Å²) in [5, 5.41) is 10.5. The van der Waals surface area contributed by atoms with Crippen LogP contribution < -0.4 is 0 Å². The van der Waals surface area contributed by atoms with E-state index < -0.39 is 29.0 Å². The second kappa shape index (κ2) is 6.76. The summed E-state index contributed by atoms with van der Waals surface area (Å²) < 4.78 is 9.18. The quantitative estimate of drug-likeness (QED) is 0.377. The zero-order valence-electron chi connectivity index (χ0n) is 9.47. The molecule has 16 heavy (non-hydrogen) atoms. The number of carbonyl (C=O) groups excluding carboxylic acids is 2. The van der Waals surface area contributed by atoms with Crippen molar-refractivity contribution in [2.24, 2.45) is 0 Å². The van der Waals surface area contributed by atoms with E-state index in [1.807, 2.05) is 0 Å². The van der Waals surface area contributed by atoms with Gasteiger partial charge in [0.25, 0.3) is 0 Å². The van der Waals surface area contributed by atoms with Crippen molar-refractivity contribution < 1.29 is 24.0 Å². The molecule has 2 atom stereocenters. The molecule has 0 aromatic rings. The van der Waals surface area contributed by atoms with Gasteiger partial charge in [-0.15, -0.1) is 0 Å². The first-order chi connectivity index (χ1) is 7.38. The lowest BCUT2D eigenvalue weighted by Gasteiger charge is -2.17. The minimum absolute atomic E-state index is 0.0212. The van der Waals surface area contributed by atoms with Crippen molar-refractivity contribution in [3.05, 3.63) is 10.1 Å². The number of nitrogens with zero attached hydrogens (tertiary/aromatic N) is 1. The Morgan fingerprint density at radius 3 is 2.38 bits per heavy atom. The van der Waals surface area contributed by atoms with E-state index in [9.17, 15) is 19.7 Å². The van der Waals surface area contributed by atoms with Crippen LogP contribution in [0.5, 0.6) is 0 Å². The number of hydrogen-bond acceptors (Lipinski definition) is 6. The third-order valence-corrected chi connectivity index (χ3v) is 2.05. The number of nitro groups is 1. The van der Waals surface area contributed by atoms with Crippen LogP contribution in [0.3, 0.4) is 0 Å². The molecule has 0 radical (unpaired) electrons. The van der Waals surface area contributed by atoms with Crippen LogP contribution in [-0.2, 0) is 19.1 Å². The molecule has 0 bridgehead atoms. The standard InChI is InChI=1S/C9H15NO6/c1-6(10(13)14)8(16-7(2)11)4-5-9(12)15-3/h6,8H,4-5H2,1-3H3. The largest absolute Gasteiger partial charge is 0.469 e. The van der Waals surface area contributed by atoms with Gasteiger partial charge in [0.15, 0.2) is 6.10 Å². The highest BCUT2D eigenvalue weighted by atomic mass is 16.6. The van der Waals surface area contributed by atoms with Gasteiger partial charge in [0.1, 0.15) is 0 Å². The molecule has 0 aliphatic carbocycles. The number of carbonyl (C=O) groups is 2. The van der Waals surface area contributed by atoms with Crippen molar-refractivity contribution >= 4 is 11.9 Å². The molecule has 0 rings (SSSR count). The van der Waals surface area contributed by atoms with Gasteiger partial charge in [0.05, 0.1) is 7.11 Å². The lowest BCUT2D eigenvalue weighted by atomic mass is 10.1. The predicted octanol–water partition coefficient (Wildman–Crippen LogP) is 0.536. The molecule has 0 N–H and O–H groups in total. The van der Waals surface area contributed by atoms with Crippen LogP contribution in [0.25, 0.3) is 0 Å². The predicted molar refractivity (Wildman–Crippen MR) is 53.3 cm³/mol. The van der Waals surface area contributed by atoms with Gasteiger partial charge in [-0.1, -0.05) is 0 Å². The van der Waals surface area contributed by atoms with Crippen molar-refractivity contribution in [2.75, 3.05) is 7.11 Å². The summed E-state index contributed by atoms with van der Waals surface area (Å²) in [5.41, 5.74) is 0. The fraction of sp³-hybridized carbons (Fsp3) is 0.778. The third-order valence-electron chi connectivity index (χ3n) is 2.05. The van der Waals surface area contributed by atoms with Crippen LogP contribution in [0.15, 0.2) is 0 Å². The number of esters is 2. The normalized spacial score (nSPS) is 13.7. The summed E-state index contributed by atoms with van der Waals surface area (Å²) in [6, 6.07) is -1.05. The Labute approximate surface area is 92.9 Å². The van der Waals surface area contributed by atoms with E-state index in [1.165, 1.54) is 14.0 Å². The average molecular weight is 233 g/mol. The SMILES string of the molecule is COC(=O)CCC(OC(C)=O)C(C)[N+](=O)[O-]. The Bertz CT molecular complexity index is 277. The molecule has 0 heterocycles. The van der Waals surface area contributed by atoms with Crippen LogP contribution in [-0.4, -0.2) is 36.1 Å². The molecule has 0 saturated heterocycles. The molecule has 0 amide bonds. The van der Waals surface area contributed by atoms with E-state index in [1.54, 1.807) is 0 Å². The molecule has 0 spiro atoms. The molecule has 7 heteroatoms. The van der Waals surface area contributed by atoms with Crippen molar-refractivity contribution in [1.29, 1.82) is 0 Å². The maximum atomic E-state index is 10.9. The van der Waals surface area contributed by atoms with E-state index >= 15 is 0 Å². The molecule has 0 fully saturated rings. The Morgan fingerprint density at radius 1 is 1.44 bits per heavy atom. The minimum atomic E-state index is -1.05. The molecule has 2 unspecified atom stereocenters. The second-order valence-electron chi connectivity index (χ2n) is 3.29. The first kappa shape index (κ1) is 14.3. The summed E-state index contributed by atoms with van der Waals surface area (Å²) in [5.74, 6) is -1.10. The van der Waals surface area contributed by atoms with Gasteiger partial charge in [-0.25, -0.2) is 0 Å². The van der Waals surface area contributed by atoms with Gasteiger partial charge >= 0.3 is 11.9 Å². The van der Waals surface area contributed by atoms with E-state index in [0.717, 1.165) is 6.92 Å². The summed E-state index contributed by atoms with van der Waals surface area (Å²) in [4.78, 5) is 31.6. The maximum absolute atomic E-state index is 10.9. The molecule has 0 aliphatic heterocycles. The molecular formula is C9H15NO6. The summed E-state index contributed by atoms with van der Waals surface area (Å²) >= 11 is 0. The van der Waals surface area contributed by atoms with Crippen molar-refractivity contribution in [2.45, 2.75) is 38.8 Å². The van der Waals surface area contributed by atoms with Gasteiger partial charge in [-0.2, -0.15) is 0 Å². The zero-order valence-corrected chi connectivity index (χ0v) is 9.47. The van der Waals surface area contributed by atoms with Crippen molar-refractivity contribution in [1.82, 2.24) is 0 Å². The molecule has 0 aromatic heterocycles. The smallest absolute Gasteiger partial charge is 0.305 e. The maximum Gasteiger partial charge on any atom is 0.305 e. The van der Waals surface area contributed by atoms with E-state index in [2.05, 4.69) is 4.74 Å². The van der Waals surface area contributed by atoms with Crippen LogP contribution in [0.2, 0.25) is 0 Å². The van der Waals surface area contributed by atoms with Crippen molar-refractivity contribution in [3.8, 4) is 0 Å². The highest BCUT2D eigenvalue weighted by molar-refractivity contribution is 5.69. The van der Waals surface area contributed by atoms with E-state index in [4.69, 9.17) is 4.74 Å². The average Bonchev–Trinajstić information content (AvgIpc) is 2.21. The van der Waals surface area contributed by atoms with Gasteiger partial charge in [-0.3, -0.25) is 19.7 Å². The molecule has 0 aromatic carbocycles. The van der Waals surface area contributed by atoms with Crippen molar-refractivity contribution in [3.63, 3.8) is 0 Å². The monoisotopic (exact) mass is 233 g/mol. The van der Waals surface area contributed by atoms with E-state index in [-0.39, 0.29) is 12.8 Å². The van der Waals surface area contributed by atoms with Crippen LogP contribution in [0.4, 0.5) is 0 Å². The van der Waals surface area contributed by atoms with Crippen LogP contribution in [0, 0.1) is 10.1 Å². The lowest BCUT2D eigenvalue weighted by molar-refractivity contribution is -0.529. The van der Waals surface area contributed by atoms with Gasteiger partial charge in [-0.05, 0) is 0 Å². The minimum Gasteiger partial charge on any atom is -0.469 e. The second-order valence-corrected chi connectivity index (χ2v) is 3.29. The first-order valence-electron chi connectivity index (χ1n) is 4.76. The summed E-state index contributed by atoms with van der Waals surface area (Å²) in [6.45, 7) is 2.49. The number of ether oxygens (including phenoxy) is 2. The molecule has 0 aliphatic rings. The molecule has 92 valence electrons. The first-order valence-corrected chi connectivity index (χ1v) is 4.76. The highest BCUT2D eigenvalue weighted by Gasteiger charge is 2.29. The topological polar surface area (TPSA) is 95.7 Å². The Morgan fingerprint density at radius 2 is 2.00 bits per heavy atom. The number of methoxy groups -OCH3 is 1. The fourth-order valence-corrected chi connectivity index (χ4v) is 1.11. The van der Waals surface area contributed by atoms with Crippen LogP contribution >= 0.6 is 0 Å². The van der Waals surface area contributed by atoms with Gasteiger partial charge < -0.3 is 9.47 Å². The molecular weight excluding hydrogens is 218 g/mol. The Hall–Kier alpha value is -1.66. The number of rotatable bonds is 6. The van der Waals surface area contributed by atoms with E-state index in [0.29, 0.717) is 0 Å². The zero-order chi connectivity index (χ0) is 12.7. The van der Waals surface area contributed by atoms with Crippen LogP contribution in [0.1, 0.15) is 26.7 Å². The fourth-order valence-electron chi connectivity index (χ4n) is 1.11.